The van der Waals surface area contributed by atoms with Gasteiger partial charge in [0.25, 0.3) is 0 Å². The summed E-state index contributed by atoms with van der Waals surface area (Å²) in [6.45, 7) is 20.9. The first kappa shape index (κ1) is 84.7. The predicted octanol–water partition coefficient (Wildman–Crippen LogP) is 14.5. The lowest BCUT2D eigenvalue weighted by atomic mass is 9.95. The molecule has 0 bridgehead atoms. The number of nitrogens with zero attached hydrogens (tertiary/aromatic N) is 20. The fourth-order valence-electron chi connectivity index (χ4n) is 17.3. The van der Waals surface area contributed by atoms with Gasteiger partial charge in [0.15, 0.2) is 43.0 Å². The summed E-state index contributed by atoms with van der Waals surface area (Å²) in [4.78, 5) is 79.3. The molecule has 34 heteroatoms. The van der Waals surface area contributed by atoms with E-state index in [2.05, 4.69) is 122 Å². The van der Waals surface area contributed by atoms with Crippen LogP contribution in [0.15, 0.2) is 193 Å². The van der Waals surface area contributed by atoms with Gasteiger partial charge in [-0.1, -0.05) is 43.5 Å². The second kappa shape index (κ2) is 36.5. The summed E-state index contributed by atoms with van der Waals surface area (Å²) < 4.78 is 75.0. The number of H-pyrrole nitrogens is 4. The fraction of sp³-hybridized carbons (Fsp3) is 0.333. The first-order valence-electron chi connectivity index (χ1n) is 42.9. The molecule has 4 aliphatic heterocycles. The molecule has 18 heterocycles. The number of sulfone groups is 2. The SMILES string of the molecule is C[C@@H]1COCCN1c1cc(-c2cccc(S(C)(=O)=O)c2)nc(-c2ccnc3[nH]ccc23)n1.C[C@@H]1COCCN1c1cc(-c2ccnc3[nH]ccc23)nc(-c2cccc(S(C)(=O)=O)c2)n1.C[C@@H]1COCCN1c1cc(-c2ccnn2C2CCCCC2)nc(-c2ccnc3[nH]ccc23)n1.Cc1nn(C)c(C)c1-c1nc(-c2ccnc3[nH]ccc23)cc(N2CCOC[C@H]2C)n1. The van der Waals surface area contributed by atoms with E-state index in [4.69, 9.17) is 63.9 Å². The molecule has 1 aliphatic carbocycles. The second-order valence-corrected chi connectivity index (χ2v) is 36.9. The third kappa shape index (κ3) is 18.1. The van der Waals surface area contributed by atoms with Crippen molar-refractivity contribution < 1.29 is 35.8 Å². The van der Waals surface area contributed by atoms with Crippen LogP contribution in [0, 0.1) is 13.8 Å². The van der Waals surface area contributed by atoms with Crippen LogP contribution in [-0.4, -0.2) is 232 Å². The maximum atomic E-state index is 12.1. The van der Waals surface area contributed by atoms with Gasteiger partial charge in [0, 0.05) is 186 Å². The molecule has 1 saturated carbocycles. The number of hydrogen-bond acceptors (Lipinski definition) is 26. The summed E-state index contributed by atoms with van der Waals surface area (Å²) >= 11 is 0. The molecule has 21 rings (SSSR count). The number of nitrogens with one attached hydrogen (secondary N) is 4. The Bertz CT molecular complexity index is 6700. The highest BCUT2D eigenvalue weighted by molar-refractivity contribution is 7.91. The number of aryl methyl sites for hydroxylation is 2. The smallest absolute Gasteiger partial charge is 0.175 e. The number of rotatable bonds is 15. The van der Waals surface area contributed by atoms with Crippen LogP contribution in [0.3, 0.4) is 0 Å². The summed E-state index contributed by atoms with van der Waals surface area (Å²) in [6.07, 6.45) is 25.1. The largest absolute Gasteiger partial charge is 0.377 e. The first-order chi connectivity index (χ1) is 61.6. The Labute approximate surface area is 735 Å². The summed E-state index contributed by atoms with van der Waals surface area (Å²) in [6, 6.07) is 40.9. The molecule has 0 amide bonds. The van der Waals surface area contributed by atoms with Gasteiger partial charge in [-0.25, -0.2) is 76.6 Å². The van der Waals surface area contributed by atoms with Crippen molar-refractivity contribution in [3.05, 3.63) is 195 Å². The molecule has 2 aromatic carbocycles. The Morgan fingerprint density at radius 3 is 1.20 bits per heavy atom. The number of aromatic nitrogens is 20. The molecular formula is C93H100N24O8S2. The van der Waals surface area contributed by atoms with E-state index in [-0.39, 0.29) is 34.0 Å². The average Bonchev–Trinajstić information content (AvgIpc) is 1.76. The Morgan fingerprint density at radius 2 is 0.772 bits per heavy atom. The number of fused-ring (bicyclic) bond motifs is 4. The van der Waals surface area contributed by atoms with Crippen LogP contribution < -0.4 is 19.6 Å². The number of pyridine rings is 4. The van der Waals surface area contributed by atoms with Gasteiger partial charge in [-0.3, -0.25) is 9.36 Å². The minimum Gasteiger partial charge on any atom is -0.377 e. The van der Waals surface area contributed by atoms with Crippen molar-refractivity contribution in [3.63, 3.8) is 0 Å². The normalized spacial score (nSPS) is 17.8. The Hall–Kier alpha value is -13.1. The molecule has 4 atom stereocenters. The average molecular weight is 1750 g/mol. The zero-order valence-electron chi connectivity index (χ0n) is 72.3. The molecule has 0 radical (unpaired) electrons. The molecular weight excluding hydrogens is 1650 g/mol. The highest BCUT2D eigenvalue weighted by Crippen LogP contribution is 2.40. The van der Waals surface area contributed by atoms with Crippen LogP contribution in [0.1, 0.15) is 77.2 Å². The van der Waals surface area contributed by atoms with Gasteiger partial charge in [-0.05, 0) is 133 Å². The van der Waals surface area contributed by atoms with Crippen LogP contribution in [0.25, 0.3) is 135 Å². The molecule has 0 spiro atoms. The molecule has 5 fully saturated rings. The van der Waals surface area contributed by atoms with Gasteiger partial charge < -0.3 is 58.5 Å². The maximum Gasteiger partial charge on any atom is 0.175 e. The van der Waals surface area contributed by atoms with E-state index >= 15 is 0 Å². The molecule has 5 aliphatic rings. The zero-order chi connectivity index (χ0) is 87.6. The van der Waals surface area contributed by atoms with E-state index in [0.717, 1.165) is 161 Å². The number of benzene rings is 2. The number of hydrogen-bond donors (Lipinski definition) is 4. The maximum absolute atomic E-state index is 12.1. The highest BCUT2D eigenvalue weighted by atomic mass is 32.2. The third-order valence-corrected chi connectivity index (χ3v) is 26.3. The van der Waals surface area contributed by atoms with Gasteiger partial charge in [-0.2, -0.15) is 10.2 Å². The third-order valence-electron chi connectivity index (χ3n) is 24.0. The van der Waals surface area contributed by atoms with Crippen molar-refractivity contribution in [1.82, 2.24) is 99.3 Å². The van der Waals surface area contributed by atoms with E-state index in [9.17, 15) is 16.8 Å². The minimum absolute atomic E-state index is 0.159. The zero-order valence-corrected chi connectivity index (χ0v) is 73.9. The summed E-state index contributed by atoms with van der Waals surface area (Å²) in [5, 5.41) is 13.3. The van der Waals surface area contributed by atoms with Crippen LogP contribution in [0.5, 0.6) is 0 Å². The lowest BCUT2D eigenvalue weighted by Crippen LogP contribution is -2.44. The monoisotopic (exact) mass is 1740 g/mol. The van der Waals surface area contributed by atoms with Crippen LogP contribution in [-0.2, 0) is 45.7 Å². The second-order valence-electron chi connectivity index (χ2n) is 32.8. The van der Waals surface area contributed by atoms with Gasteiger partial charge in [0.1, 0.15) is 45.9 Å². The standard InChI is InChI=1S/C25H29N7O.2C23H23N5O3S.C22H25N7O/c1-17-16-33-14-13-31(17)23-15-21(22-9-12-28-32(22)18-5-3-2-4-6-18)29-25(30-23)20-8-11-27-24-19(20)7-10-26-24;1-15-14-31-11-10-28(15)21-13-20(18-6-8-24-23-19(18)7-9-25-23)26-22(27-21)16-4-3-5-17(12-16)32(2,29)30;1-15-14-31-11-10-28(15)21-13-20(16-4-3-5-17(12-16)32(2,29)30)26-23(27-21)19-7-9-25-22-18(19)6-8-24-22;1-13-12-30-10-9-29(13)19-11-18(16-5-7-23-21-17(16)6-8-24-21)25-22(26-19)20-14(2)27-28(4)15(20)3/h7-12,15,17-18H,2-6,13-14,16H2,1H3,(H,26,27);2*3-9,12-13,15H,10-11,14H2,1-2H3,(H,24,25);5-8,11,13H,9-10,12H2,1-4H3,(H,23,24)/t17-;2*15-;13-/m1111/s1. The molecule has 32 nitrogen and oxygen atoms in total. The number of ether oxygens (including phenoxy) is 4. The predicted molar refractivity (Wildman–Crippen MR) is 491 cm³/mol. The molecule has 652 valence electrons. The van der Waals surface area contributed by atoms with E-state index in [1.807, 2.05) is 135 Å². The van der Waals surface area contributed by atoms with E-state index in [1.165, 1.54) is 44.6 Å². The Kier molecular flexibility index (Phi) is 24.3. The van der Waals surface area contributed by atoms with Crippen molar-refractivity contribution in [1.29, 1.82) is 0 Å². The minimum atomic E-state index is -3.35. The number of morpholine rings is 4. The van der Waals surface area contributed by atoms with Gasteiger partial charge in [0.2, 0.25) is 0 Å². The van der Waals surface area contributed by atoms with Crippen molar-refractivity contribution in [2.75, 3.05) is 111 Å². The van der Waals surface area contributed by atoms with Gasteiger partial charge in [-0.15, -0.1) is 0 Å². The van der Waals surface area contributed by atoms with Gasteiger partial charge >= 0.3 is 0 Å². The first-order valence-corrected chi connectivity index (χ1v) is 46.7. The quantitative estimate of drug-likeness (QED) is 0.0740. The van der Waals surface area contributed by atoms with E-state index < -0.39 is 19.7 Å². The van der Waals surface area contributed by atoms with Gasteiger partial charge in [0.05, 0.1) is 133 Å². The van der Waals surface area contributed by atoms with Crippen LogP contribution in [0.4, 0.5) is 23.3 Å². The molecule has 4 N–H and O–H groups in total. The molecule has 16 aromatic rings. The summed E-state index contributed by atoms with van der Waals surface area (Å²) in [5.74, 6) is 5.86. The lowest BCUT2D eigenvalue weighted by Gasteiger charge is -2.34. The molecule has 14 aromatic heterocycles. The summed E-state index contributed by atoms with van der Waals surface area (Å²) in [5.41, 5.74) is 15.6. The highest BCUT2D eigenvalue weighted by Gasteiger charge is 2.31. The van der Waals surface area contributed by atoms with Crippen molar-refractivity contribution in [2.45, 2.75) is 114 Å². The fourth-order valence-corrected chi connectivity index (χ4v) is 18.6. The van der Waals surface area contributed by atoms with Crippen LogP contribution in [0.2, 0.25) is 0 Å². The number of aromatic amines is 4. The van der Waals surface area contributed by atoms with Crippen molar-refractivity contribution in [2.24, 2.45) is 7.05 Å². The van der Waals surface area contributed by atoms with Crippen molar-refractivity contribution >= 4 is 87.1 Å². The Balaban J connectivity index is 0.000000115. The van der Waals surface area contributed by atoms with Crippen molar-refractivity contribution in [3.8, 4) is 90.7 Å². The topological polar surface area (TPSA) is 372 Å². The van der Waals surface area contributed by atoms with Crippen LogP contribution >= 0.6 is 0 Å². The molecule has 0 unspecified atom stereocenters. The van der Waals surface area contributed by atoms with E-state index in [0.29, 0.717) is 93.5 Å². The molecule has 127 heavy (non-hydrogen) atoms. The van der Waals surface area contributed by atoms with E-state index in [1.54, 1.807) is 48.8 Å². The summed E-state index contributed by atoms with van der Waals surface area (Å²) in [7, 11) is -4.74. The lowest BCUT2D eigenvalue weighted by molar-refractivity contribution is 0.0985. The molecule has 4 saturated heterocycles. The number of anilines is 4. The Morgan fingerprint density at radius 1 is 0.394 bits per heavy atom.